The number of thiophene rings is 1. The molecule has 0 radical (unpaired) electrons. The molecule has 1 N–H and O–H groups in total. The van der Waals surface area contributed by atoms with Crippen molar-refractivity contribution in [1.82, 2.24) is 19.9 Å². The zero-order valence-electron chi connectivity index (χ0n) is 17.2. The molecule has 6 nitrogen and oxygen atoms in total. The monoisotopic (exact) mass is 402 g/mol. The van der Waals surface area contributed by atoms with Gasteiger partial charge in [-0.1, -0.05) is 13.3 Å². The third-order valence-electron chi connectivity index (χ3n) is 4.49. The van der Waals surface area contributed by atoms with Crippen molar-refractivity contribution in [2.75, 3.05) is 6.54 Å². The van der Waals surface area contributed by atoms with Crippen LogP contribution in [-0.4, -0.2) is 32.8 Å². The van der Waals surface area contributed by atoms with Gasteiger partial charge < -0.3 is 14.6 Å². The van der Waals surface area contributed by atoms with Gasteiger partial charge in [0.2, 0.25) is 0 Å². The van der Waals surface area contributed by atoms with Crippen LogP contribution in [0.1, 0.15) is 59.2 Å². The van der Waals surface area contributed by atoms with Crippen LogP contribution in [0.4, 0.5) is 4.79 Å². The van der Waals surface area contributed by atoms with E-state index in [0.717, 1.165) is 55.5 Å². The number of pyridine rings is 1. The van der Waals surface area contributed by atoms with Crippen LogP contribution in [0.15, 0.2) is 17.6 Å². The molecule has 0 unspecified atom stereocenters. The Morgan fingerprint density at radius 3 is 2.82 bits per heavy atom. The van der Waals surface area contributed by atoms with Gasteiger partial charge in [-0.15, -0.1) is 11.3 Å². The molecule has 0 aliphatic rings. The maximum absolute atomic E-state index is 11.8. The van der Waals surface area contributed by atoms with Crippen molar-refractivity contribution >= 4 is 38.7 Å². The van der Waals surface area contributed by atoms with E-state index in [-0.39, 0.29) is 6.09 Å². The fourth-order valence-corrected chi connectivity index (χ4v) is 4.13. The molecule has 1 amide bonds. The van der Waals surface area contributed by atoms with Gasteiger partial charge in [0.25, 0.3) is 0 Å². The van der Waals surface area contributed by atoms with Crippen molar-refractivity contribution in [3.05, 3.63) is 23.5 Å². The van der Waals surface area contributed by atoms with Crippen molar-refractivity contribution in [1.29, 1.82) is 0 Å². The molecule has 0 saturated carbocycles. The predicted octanol–water partition coefficient (Wildman–Crippen LogP) is 5.29. The molecule has 0 bridgehead atoms. The second-order valence-corrected chi connectivity index (χ2v) is 8.96. The number of imidazole rings is 1. The predicted molar refractivity (Wildman–Crippen MR) is 115 cm³/mol. The minimum atomic E-state index is -0.464. The highest BCUT2D eigenvalue weighted by Crippen LogP contribution is 2.29. The van der Waals surface area contributed by atoms with E-state index in [2.05, 4.69) is 33.2 Å². The number of nitrogens with one attached hydrogen (secondary N) is 1. The van der Waals surface area contributed by atoms with Gasteiger partial charge in [0.15, 0.2) is 0 Å². The highest BCUT2D eigenvalue weighted by molar-refractivity contribution is 7.18. The average Bonchev–Trinajstić information content (AvgIpc) is 3.21. The highest BCUT2D eigenvalue weighted by Gasteiger charge is 2.16. The van der Waals surface area contributed by atoms with Crippen LogP contribution in [0.3, 0.4) is 0 Å². The Morgan fingerprint density at radius 1 is 1.25 bits per heavy atom. The molecule has 152 valence electrons. The van der Waals surface area contributed by atoms with Gasteiger partial charge in [-0.25, -0.2) is 9.78 Å². The van der Waals surface area contributed by atoms with E-state index in [1.165, 1.54) is 10.2 Å². The summed E-state index contributed by atoms with van der Waals surface area (Å²) in [5.74, 6) is 1.14. The van der Waals surface area contributed by atoms with Crippen LogP contribution in [0.5, 0.6) is 0 Å². The number of hydrogen-bond acceptors (Lipinski definition) is 5. The normalized spacial score (nSPS) is 12.0. The number of aryl methyl sites for hydroxylation is 2. The minimum Gasteiger partial charge on any atom is -0.444 e. The molecule has 0 fully saturated rings. The molecule has 3 aromatic rings. The first-order valence-electron chi connectivity index (χ1n) is 10.1. The summed E-state index contributed by atoms with van der Waals surface area (Å²) in [7, 11) is 0. The second-order valence-electron chi connectivity index (χ2n) is 8.05. The summed E-state index contributed by atoms with van der Waals surface area (Å²) in [5.41, 5.74) is 2.75. The molecule has 0 aliphatic heterocycles. The van der Waals surface area contributed by atoms with E-state index in [4.69, 9.17) is 9.72 Å². The Balaban J connectivity index is 1.67. The topological polar surface area (TPSA) is 69.0 Å². The van der Waals surface area contributed by atoms with E-state index in [1.54, 1.807) is 11.3 Å². The smallest absolute Gasteiger partial charge is 0.407 e. The van der Waals surface area contributed by atoms with Crippen LogP contribution in [-0.2, 0) is 17.7 Å². The molecule has 28 heavy (non-hydrogen) atoms. The molecule has 0 aliphatic carbocycles. The van der Waals surface area contributed by atoms with Gasteiger partial charge in [0.1, 0.15) is 16.9 Å². The van der Waals surface area contributed by atoms with E-state index >= 15 is 0 Å². The summed E-state index contributed by atoms with van der Waals surface area (Å²) < 4.78 is 8.85. The van der Waals surface area contributed by atoms with Crippen molar-refractivity contribution in [3.8, 4) is 0 Å². The lowest BCUT2D eigenvalue weighted by atomic mass is 10.2. The molecule has 3 aromatic heterocycles. The number of rotatable bonds is 8. The van der Waals surface area contributed by atoms with Crippen molar-refractivity contribution in [3.63, 3.8) is 0 Å². The van der Waals surface area contributed by atoms with Crippen LogP contribution in [0, 0.1) is 0 Å². The lowest BCUT2D eigenvalue weighted by Gasteiger charge is -2.19. The number of fused-ring (bicyclic) bond motifs is 3. The first-order chi connectivity index (χ1) is 13.4. The first kappa shape index (κ1) is 20.6. The van der Waals surface area contributed by atoms with Crippen molar-refractivity contribution in [2.24, 2.45) is 0 Å². The number of carbonyl (C=O) groups excluding carboxylic acids is 1. The summed E-state index contributed by atoms with van der Waals surface area (Å²) in [6.07, 6.45) is 6.66. The zero-order chi connectivity index (χ0) is 20.1. The van der Waals surface area contributed by atoms with Gasteiger partial charge in [0, 0.05) is 19.5 Å². The second kappa shape index (κ2) is 8.90. The summed E-state index contributed by atoms with van der Waals surface area (Å²) in [6.45, 7) is 9.32. The molecule has 3 rings (SSSR count). The molecule has 3 heterocycles. The molecular weight excluding hydrogens is 372 g/mol. The molecular formula is C21H30N4O2S. The van der Waals surface area contributed by atoms with Gasteiger partial charge in [-0.2, -0.15) is 0 Å². The van der Waals surface area contributed by atoms with Crippen LogP contribution < -0.4 is 5.32 Å². The number of nitrogens with zero attached hydrogens (tertiary/aromatic N) is 3. The first-order valence-corrected chi connectivity index (χ1v) is 10.9. The number of carbonyl (C=O) groups is 1. The highest BCUT2D eigenvalue weighted by atomic mass is 32.1. The summed E-state index contributed by atoms with van der Waals surface area (Å²) in [4.78, 5) is 21.2. The largest absolute Gasteiger partial charge is 0.444 e. The van der Waals surface area contributed by atoms with E-state index in [1.807, 2.05) is 27.0 Å². The van der Waals surface area contributed by atoms with Crippen LogP contribution in [0.2, 0.25) is 0 Å². The number of amides is 1. The zero-order valence-corrected chi connectivity index (χ0v) is 18.1. The molecule has 0 spiro atoms. The minimum absolute atomic E-state index is 0.351. The standard InChI is InChI=1S/C21H30N4O2S/c1-5-6-9-17-24-16-14-23-15-10-13-28-19(15)18(16)25(17)12-8-7-11-22-20(26)27-21(2,3)4/h10,13-14H,5-9,11-12H2,1-4H3,(H,22,26). The molecule has 0 atom stereocenters. The van der Waals surface area contributed by atoms with Crippen molar-refractivity contribution in [2.45, 2.75) is 71.9 Å². The maximum atomic E-state index is 11.8. The van der Waals surface area contributed by atoms with Crippen molar-refractivity contribution < 1.29 is 9.53 Å². The Labute approximate surface area is 170 Å². The molecule has 7 heteroatoms. The lowest BCUT2D eigenvalue weighted by molar-refractivity contribution is 0.0527. The molecule has 0 aromatic carbocycles. The number of aromatic nitrogens is 3. The van der Waals surface area contributed by atoms with Crippen LogP contribution >= 0.6 is 11.3 Å². The van der Waals surface area contributed by atoms with Gasteiger partial charge in [-0.3, -0.25) is 4.98 Å². The quantitative estimate of drug-likeness (QED) is 0.520. The Morgan fingerprint density at radius 2 is 2.07 bits per heavy atom. The van der Waals surface area contributed by atoms with Gasteiger partial charge in [-0.05, 0) is 51.5 Å². The Kier molecular flexibility index (Phi) is 6.54. The third kappa shape index (κ3) is 5.01. The van der Waals surface area contributed by atoms with Gasteiger partial charge >= 0.3 is 6.09 Å². The fraction of sp³-hybridized carbons (Fsp3) is 0.571. The van der Waals surface area contributed by atoms with E-state index < -0.39 is 5.60 Å². The maximum Gasteiger partial charge on any atom is 0.407 e. The van der Waals surface area contributed by atoms with Gasteiger partial charge in [0.05, 0.1) is 21.9 Å². The van der Waals surface area contributed by atoms with E-state index in [9.17, 15) is 4.79 Å². The number of hydrogen-bond donors (Lipinski definition) is 1. The van der Waals surface area contributed by atoms with Crippen LogP contribution in [0.25, 0.3) is 21.3 Å². The fourth-order valence-electron chi connectivity index (χ4n) is 3.23. The third-order valence-corrected chi connectivity index (χ3v) is 5.40. The number of ether oxygens (including phenoxy) is 1. The number of unbranched alkanes of at least 4 members (excludes halogenated alkanes) is 2. The lowest BCUT2D eigenvalue weighted by Crippen LogP contribution is -2.33. The summed E-state index contributed by atoms with van der Waals surface area (Å²) in [6, 6.07) is 2.06. The average molecular weight is 403 g/mol. The summed E-state index contributed by atoms with van der Waals surface area (Å²) in [5, 5.41) is 4.93. The summed E-state index contributed by atoms with van der Waals surface area (Å²) >= 11 is 1.72. The molecule has 0 saturated heterocycles. The Hall–Kier alpha value is -2.15. The van der Waals surface area contributed by atoms with E-state index in [0.29, 0.717) is 6.54 Å². The Bertz CT molecular complexity index is 939. The SMILES string of the molecule is CCCCc1nc2cnc3ccsc3c2n1CCCCNC(=O)OC(C)(C)C. The number of alkyl carbamates (subject to hydrolysis) is 1.